The summed E-state index contributed by atoms with van der Waals surface area (Å²) in [6.07, 6.45) is 50.7. The van der Waals surface area contributed by atoms with Gasteiger partial charge in [-0.05, 0) is 77.0 Å². The Balaban J connectivity index is 3.73. The molecule has 0 aliphatic rings. The molecule has 258 valence electrons. The van der Waals surface area contributed by atoms with E-state index in [2.05, 4.69) is 111 Å². The number of aliphatic hydroxyl groups excluding tert-OH is 1. The second-order valence-electron chi connectivity index (χ2n) is 11.2. The minimum absolute atomic E-state index is 0.0909. The fraction of sp³-hybridized carbons (Fsp3) is 0.561. The molecule has 0 rings (SSSR count). The van der Waals surface area contributed by atoms with E-state index in [0.717, 1.165) is 96.3 Å². The maximum Gasteiger partial charge on any atom is 0.306 e. The molecule has 1 N–H and O–H groups in total. The average Bonchev–Trinajstić information content (AvgIpc) is 3.06. The van der Waals surface area contributed by atoms with E-state index in [1.165, 1.54) is 6.42 Å². The van der Waals surface area contributed by atoms with Crippen molar-refractivity contribution < 1.29 is 24.2 Å². The second-order valence-corrected chi connectivity index (χ2v) is 11.2. The number of hydrogen-bond acceptors (Lipinski definition) is 5. The number of allylic oxidation sites excluding steroid dienone is 16. The lowest BCUT2D eigenvalue weighted by Gasteiger charge is -2.15. The summed E-state index contributed by atoms with van der Waals surface area (Å²) in [5, 5.41) is 9.44. The molecule has 0 saturated heterocycles. The van der Waals surface area contributed by atoms with Crippen molar-refractivity contribution in [2.24, 2.45) is 0 Å². The Hall–Kier alpha value is -3.18. The molecule has 1 unspecified atom stereocenters. The summed E-state index contributed by atoms with van der Waals surface area (Å²) < 4.78 is 10.4. The molecule has 1 atom stereocenters. The molecule has 0 radical (unpaired) electrons. The molecule has 46 heavy (non-hydrogen) atoms. The highest BCUT2D eigenvalue weighted by Crippen LogP contribution is 2.08. The molecule has 0 aliphatic heterocycles. The Morgan fingerprint density at radius 3 is 1.39 bits per heavy atom. The van der Waals surface area contributed by atoms with Crippen LogP contribution < -0.4 is 0 Å². The third kappa shape index (κ3) is 33.7. The van der Waals surface area contributed by atoms with Gasteiger partial charge in [0, 0.05) is 12.8 Å². The predicted octanol–water partition coefficient (Wildman–Crippen LogP) is 10.9. The topological polar surface area (TPSA) is 72.8 Å². The first kappa shape index (κ1) is 42.8. The van der Waals surface area contributed by atoms with E-state index in [-0.39, 0.29) is 25.2 Å². The van der Waals surface area contributed by atoms with Crippen LogP contribution in [-0.4, -0.2) is 36.4 Å². The van der Waals surface area contributed by atoms with Crippen molar-refractivity contribution >= 4 is 11.9 Å². The zero-order valence-electron chi connectivity index (χ0n) is 29.0. The first-order valence-corrected chi connectivity index (χ1v) is 17.8. The Morgan fingerprint density at radius 2 is 0.935 bits per heavy atom. The van der Waals surface area contributed by atoms with Gasteiger partial charge in [0.1, 0.15) is 6.61 Å². The van der Waals surface area contributed by atoms with Gasteiger partial charge in [0.25, 0.3) is 0 Å². The van der Waals surface area contributed by atoms with Crippen LogP contribution in [0.15, 0.2) is 97.2 Å². The number of ether oxygens (including phenoxy) is 2. The minimum atomic E-state index is -0.795. The van der Waals surface area contributed by atoms with E-state index in [4.69, 9.17) is 9.47 Å². The molecule has 5 heteroatoms. The summed E-state index contributed by atoms with van der Waals surface area (Å²) in [6, 6.07) is 0. The number of unbranched alkanes of at least 4 members (excludes halogenated alkanes) is 6. The fourth-order valence-electron chi connectivity index (χ4n) is 4.21. The molecule has 0 fully saturated rings. The average molecular weight is 637 g/mol. The van der Waals surface area contributed by atoms with Crippen LogP contribution in [0, 0.1) is 0 Å². The van der Waals surface area contributed by atoms with E-state index in [9.17, 15) is 14.7 Å². The lowest BCUT2D eigenvalue weighted by Crippen LogP contribution is -2.28. The number of aliphatic hydroxyl groups is 1. The summed E-state index contributed by atoms with van der Waals surface area (Å²) in [6.45, 7) is 3.86. The summed E-state index contributed by atoms with van der Waals surface area (Å²) in [5.74, 6) is -0.669. The molecule has 0 aliphatic carbocycles. The maximum absolute atomic E-state index is 12.1. The third-order valence-electron chi connectivity index (χ3n) is 6.89. The van der Waals surface area contributed by atoms with E-state index >= 15 is 0 Å². The lowest BCUT2D eigenvalue weighted by molar-refractivity contribution is -0.161. The number of carbonyl (C=O) groups is 2. The Kier molecular flexibility index (Phi) is 33.8. The van der Waals surface area contributed by atoms with Crippen LogP contribution >= 0.6 is 0 Å². The zero-order valence-corrected chi connectivity index (χ0v) is 29.0. The van der Waals surface area contributed by atoms with E-state index in [1.807, 2.05) is 0 Å². The van der Waals surface area contributed by atoms with E-state index < -0.39 is 6.10 Å². The first-order valence-electron chi connectivity index (χ1n) is 17.8. The van der Waals surface area contributed by atoms with Crippen molar-refractivity contribution in [1.82, 2.24) is 0 Å². The quantitative estimate of drug-likeness (QED) is 0.0482. The van der Waals surface area contributed by atoms with Crippen LogP contribution in [0.25, 0.3) is 0 Å². The Morgan fingerprint density at radius 1 is 0.522 bits per heavy atom. The highest BCUT2D eigenvalue weighted by molar-refractivity contribution is 5.70. The lowest BCUT2D eigenvalue weighted by atomic mass is 10.1. The molecule has 0 aromatic carbocycles. The van der Waals surface area contributed by atoms with Gasteiger partial charge in [0.2, 0.25) is 0 Å². The van der Waals surface area contributed by atoms with Gasteiger partial charge in [-0.1, -0.05) is 137 Å². The van der Waals surface area contributed by atoms with Crippen LogP contribution in [0.5, 0.6) is 0 Å². The molecular weight excluding hydrogens is 572 g/mol. The molecule has 0 amide bonds. The Labute approximate surface area is 281 Å². The summed E-state index contributed by atoms with van der Waals surface area (Å²) in [4.78, 5) is 23.9. The van der Waals surface area contributed by atoms with E-state index in [0.29, 0.717) is 12.8 Å². The van der Waals surface area contributed by atoms with Gasteiger partial charge in [-0.25, -0.2) is 0 Å². The van der Waals surface area contributed by atoms with Crippen molar-refractivity contribution in [3.8, 4) is 0 Å². The third-order valence-corrected chi connectivity index (χ3v) is 6.89. The predicted molar refractivity (Wildman–Crippen MR) is 195 cm³/mol. The van der Waals surface area contributed by atoms with Gasteiger partial charge < -0.3 is 14.6 Å². The molecule has 0 bridgehead atoms. The molecule has 0 spiro atoms. The largest absolute Gasteiger partial charge is 0.462 e. The summed E-state index contributed by atoms with van der Waals surface area (Å²) >= 11 is 0. The van der Waals surface area contributed by atoms with Crippen LogP contribution in [-0.2, 0) is 19.1 Å². The standard InChI is InChI=1S/C41H64O5/c1-3-5-7-9-10-11-12-13-14-15-16-17-18-19-20-21-22-23-24-25-26-27-28-29-30-32-34-36-41(44)46-39(37-42)38-45-40(43)35-33-31-8-6-4-2/h5,7,10-11,13-14,16-17,19-20,22-23,25-26,28-29,39,42H,3-4,6,8-9,12,15,18,21,24,27,30-38H2,1-2H3/b7-5-,11-10-,14-13-,17-16-,20-19-,23-22-,26-25-,29-28-. The van der Waals surface area contributed by atoms with Crippen LogP contribution in [0.2, 0.25) is 0 Å². The number of rotatable bonds is 30. The van der Waals surface area contributed by atoms with E-state index in [1.54, 1.807) is 0 Å². The van der Waals surface area contributed by atoms with Crippen molar-refractivity contribution in [3.63, 3.8) is 0 Å². The van der Waals surface area contributed by atoms with Gasteiger partial charge >= 0.3 is 11.9 Å². The first-order chi connectivity index (χ1) is 22.6. The van der Waals surface area contributed by atoms with Gasteiger partial charge in [-0.2, -0.15) is 0 Å². The van der Waals surface area contributed by atoms with Crippen molar-refractivity contribution in [2.45, 2.75) is 136 Å². The second kappa shape index (κ2) is 36.3. The van der Waals surface area contributed by atoms with Gasteiger partial charge in [-0.15, -0.1) is 0 Å². The summed E-state index contributed by atoms with van der Waals surface area (Å²) in [7, 11) is 0. The van der Waals surface area contributed by atoms with Crippen LogP contribution in [0.1, 0.15) is 129 Å². The number of esters is 2. The molecule has 0 aromatic rings. The molecule has 0 aromatic heterocycles. The SMILES string of the molecule is CC/C=C\C/C=C\C/C=C\C/C=C\C/C=C\C/C=C\C/C=C\C/C=C\CCCCC(=O)OC(CO)COC(=O)CCCCCCC. The molecule has 5 nitrogen and oxygen atoms in total. The fourth-order valence-corrected chi connectivity index (χ4v) is 4.21. The van der Waals surface area contributed by atoms with Crippen LogP contribution in [0.4, 0.5) is 0 Å². The Bertz CT molecular complexity index is 948. The molecule has 0 saturated carbocycles. The van der Waals surface area contributed by atoms with Crippen molar-refractivity contribution in [3.05, 3.63) is 97.2 Å². The molecule has 0 heterocycles. The zero-order chi connectivity index (χ0) is 33.6. The smallest absolute Gasteiger partial charge is 0.306 e. The highest BCUT2D eigenvalue weighted by Gasteiger charge is 2.15. The monoisotopic (exact) mass is 636 g/mol. The summed E-state index contributed by atoms with van der Waals surface area (Å²) in [5.41, 5.74) is 0. The van der Waals surface area contributed by atoms with Gasteiger partial charge in [0.15, 0.2) is 6.10 Å². The number of hydrogen-bond donors (Lipinski definition) is 1. The normalized spacial score (nSPS) is 13.4. The van der Waals surface area contributed by atoms with Gasteiger partial charge in [-0.3, -0.25) is 9.59 Å². The number of carbonyl (C=O) groups excluding carboxylic acids is 2. The van der Waals surface area contributed by atoms with Crippen molar-refractivity contribution in [1.29, 1.82) is 0 Å². The highest BCUT2D eigenvalue weighted by atomic mass is 16.6. The minimum Gasteiger partial charge on any atom is -0.462 e. The van der Waals surface area contributed by atoms with Crippen LogP contribution in [0.3, 0.4) is 0 Å². The van der Waals surface area contributed by atoms with Gasteiger partial charge in [0.05, 0.1) is 6.61 Å². The molecular formula is C41H64O5. The maximum atomic E-state index is 12.1. The van der Waals surface area contributed by atoms with Crippen molar-refractivity contribution in [2.75, 3.05) is 13.2 Å².